The number of hydrogen-bond acceptors (Lipinski definition) is 5. The van der Waals surface area contributed by atoms with E-state index < -0.39 is 22.0 Å². The van der Waals surface area contributed by atoms with E-state index in [-0.39, 0.29) is 0 Å². The second-order valence-electron chi connectivity index (χ2n) is 5.52. The van der Waals surface area contributed by atoms with Crippen LogP contribution in [0.4, 0.5) is 0 Å². The van der Waals surface area contributed by atoms with Gasteiger partial charge in [-0.3, -0.25) is 0 Å². The number of benzene rings is 1. The maximum atomic E-state index is 11.0. The number of para-hydroxylation sites is 1. The number of ether oxygens (including phenoxy) is 1. The van der Waals surface area contributed by atoms with Gasteiger partial charge in [-0.2, -0.15) is 0 Å². The molecule has 1 unspecified atom stereocenters. The molecule has 0 radical (unpaired) electrons. The highest BCUT2D eigenvalue weighted by molar-refractivity contribution is 7.85. The smallest absolute Gasteiger partial charge is 0.124 e. The van der Waals surface area contributed by atoms with Crippen LogP contribution in [0.5, 0.6) is 5.75 Å². The zero-order chi connectivity index (χ0) is 15.1. The second kappa shape index (κ2) is 7.77. The van der Waals surface area contributed by atoms with E-state index in [9.17, 15) is 13.0 Å². The lowest BCUT2D eigenvalue weighted by Gasteiger charge is -2.27. The first-order chi connectivity index (χ1) is 10.0. The van der Waals surface area contributed by atoms with Crippen molar-refractivity contribution < 1.29 is 17.7 Å². The number of rotatable bonds is 7. The molecule has 0 amide bonds. The van der Waals surface area contributed by atoms with E-state index >= 15 is 0 Å². The first-order valence-corrected chi connectivity index (χ1v) is 8.99. The Bertz CT molecular complexity index is 512. The van der Waals surface area contributed by atoms with Crippen molar-refractivity contribution in [1.29, 1.82) is 0 Å². The van der Waals surface area contributed by atoms with Gasteiger partial charge in [-0.1, -0.05) is 37.5 Å². The summed E-state index contributed by atoms with van der Waals surface area (Å²) >= 11 is 0. The summed E-state index contributed by atoms with van der Waals surface area (Å²) in [5.74, 6) is 0.0679. The Balaban J connectivity index is 1.91. The highest BCUT2D eigenvalue weighted by atomic mass is 32.2. The van der Waals surface area contributed by atoms with Gasteiger partial charge in [0.05, 0.1) is 15.9 Å². The van der Waals surface area contributed by atoms with Crippen molar-refractivity contribution in [3.8, 4) is 5.75 Å². The zero-order valence-electron chi connectivity index (χ0n) is 12.0. The predicted molar refractivity (Wildman–Crippen MR) is 80.3 cm³/mol. The molecular weight excluding hydrogens is 290 g/mol. The minimum atomic E-state index is -4.31. The average molecular weight is 312 g/mol. The molecule has 1 aliphatic carbocycles. The molecule has 0 bridgehead atoms. The second-order valence-corrected chi connectivity index (χ2v) is 6.97. The fourth-order valence-corrected chi connectivity index (χ4v) is 3.30. The molecule has 1 aromatic rings. The Morgan fingerprint density at radius 1 is 1.19 bits per heavy atom. The lowest BCUT2D eigenvalue weighted by molar-refractivity contribution is 0.204. The van der Waals surface area contributed by atoms with Crippen LogP contribution >= 0.6 is 0 Å². The molecule has 5 nitrogen and oxygen atoms in total. The largest absolute Gasteiger partial charge is 0.748 e. The Labute approximate surface area is 126 Å². The molecule has 2 rings (SSSR count). The third-order valence-electron chi connectivity index (χ3n) is 3.68. The molecule has 1 aromatic carbocycles. The fraction of sp³-hybridized carbons (Fsp3) is 0.600. The van der Waals surface area contributed by atoms with Gasteiger partial charge in [0.15, 0.2) is 0 Å². The predicted octanol–water partition coefficient (Wildman–Crippen LogP) is 1.90. The third kappa shape index (κ3) is 6.46. The molecule has 1 fully saturated rings. The molecular formula is C15H22NO4S-. The average Bonchev–Trinajstić information content (AvgIpc) is 2.45. The normalized spacial score (nSPS) is 18.3. The third-order valence-corrected chi connectivity index (χ3v) is 4.46. The topological polar surface area (TPSA) is 78.5 Å². The standard InChI is InChI=1S/C15H23NO4S/c17-21(18,19)12-15(20-14-9-5-2-6-10-14)11-16-13-7-3-1-4-8-13/h2,5-6,9-10,13,15-16H,1,3-4,7-8,11-12H2,(H,17,18,19)/p-1. The fourth-order valence-electron chi connectivity index (χ4n) is 2.66. The Morgan fingerprint density at radius 3 is 2.48 bits per heavy atom. The van der Waals surface area contributed by atoms with E-state index in [0.717, 1.165) is 12.8 Å². The van der Waals surface area contributed by atoms with Crippen LogP contribution in [0.25, 0.3) is 0 Å². The van der Waals surface area contributed by atoms with Gasteiger partial charge in [0.1, 0.15) is 11.9 Å². The number of nitrogens with one attached hydrogen (secondary N) is 1. The molecule has 0 saturated heterocycles. The summed E-state index contributed by atoms with van der Waals surface area (Å²) < 4.78 is 38.7. The molecule has 6 heteroatoms. The molecule has 0 aromatic heterocycles. The molecule has 0 spiro atoms. The van der Waals surface area contributed by atoms with E-state index in [1.54, 1.807) is 12.1 Å². The van der Waals surface area contributed by atoms with Crippen LogP contribution < -0.4 is 10.1 Å². The van der Waals surface area contributed by atoms with Crippen LogP contribution in [0.1, 0.15) is 32.1 Å². The summed E-state index contributed by atoms with van der Waals surface area (Å²) in [5.41, 5.74) is 0. The van der Waals surface area contributed by atoms with Gasteiger partial charge in [0, 0.05) is 12.6 Å². The van der Waals surface area contributed by atoms with E-state index in [1.165, 1.54) is 19.3 Å². The monoisotopic (exact) mass is 312 g/mol. The Kier molecular flexibility index (Phi) is 6.02. The van der Waals surface area contributed by atoms with Gasteiger partial charge in [0.2, 0.25) is 0 Å². The molecule has 21 heavy (non-hydrogen) atoms. The maximum absolute atomic E-state index is 11.0. The molecule has 0 heterocycles. The number of hydrogen-bond donors (Lipinski definition) is 1. The van der Waals surface area contributed by atoms with Gasteiger partial charge in [0.25, 0.3) is 0 Å². The lowest BCUT2D eigenvalue weighted by Crippen LogP contribution is -2.42. The summed E-state index contributed by atoms with van der Waals surface area (Å²) in [6.07, 6.45) is 5.20. The summed E-state index contributed by atoms with van der Waals surface area (Å²) in [7, 11) is -4.31. The van der Waals surface area contributed by atoms with E-state index in [1.807, 2.05) is 18.2 Å². The van der Waals surface area contributed by atoms with Gasteiger partial charge in [-0.25, -0.2) is 8.42 Å². The minimum absolute atomic E-state index is 0.376. The highest BCUT2D eigenvalue weighted by Gasteiger charge is 2.18. The van der Waals surface area contributed by atoms with Crippen molar-refractivity contribution in [2.24, 2.45) is 0 Å². The van der Waals surface area contributed by atoms with Crippen molar-refractivity contribution in [1.82, 2.24) is 5.32 Å². The molecule has 118 valence electrons. The van der Waals surface area contributed by atoms with Crippen molar-refractivity contribution in [3.63, 3.8) is 0 Å². The van der Waals surface area contributed by atoms with Crippen LogP contribution in [0.3, 0.4) is 0 Å². The quantitative estimate of drug-likeness (QED) is 0.778. The van der Waals surface area contributed by atoms with Gasteiger partial charge in [-0.05, 0) is 25.0 Å². The first-order valence-electron chi connectivity index (χ1n) is 7.41. The SMILES string of the molecule is O=S(=O)([O-])CC(CNC1CCCCC1)Oc1ccccc1. The molecule has 1 saturated carbocycles. The minimum Gasteiger partial charge on any atom is -0.748 e. The lowest BCUT2D eigenvalue weighted by atomic mass is 9.95. The maximum Gasteiger partial charge on any atom is 0.124 e. The van der Waals surface area contributed by atoms with Gasteiger partial charge in [-0.15, -0.1) is 0 Å². The van der Waals surface area contributed by atoms with E-state index in [4.69, 9.17) is 4.74 Å². The van der Waals surface area contributed by atoms with Gasteiger partial charge >= 0.3 is 0 Å². The summed E-state index contributed by atoms with van der Waals surface area (Å²) in [4.78, 5) is 0. The molecule has 1 aliphatic rings. The van der Waals surface area contributed by atoms with Crippen molar-refractivity contribution in [2.45, 2.75) is 44.2 Å². The van der Waals surface area contributed by atoms with Crippen LogP contribution in [0.2, 0.25) is 0 Å². The summed E-state index contributed by atoms with van der Waals surface area (Å²) in [6.45, 7) is 0.376. The van der Waals surface area contributed by atoms with Crippen molar-refractivity contribution in [3.05, 3.63) is 30.3 Å². The summed E-state index contributed by atoms with van der Waals surface area (Å²) in [5, 5.41) is 3.34. The van der Waals surface area contributed by atoms with Crippen LogP contribution in [-0.4, -0.2) is 37.4 Å². The van der Waals surface area contributed by atoms with Crippen LogP contribution in [0.15, 0.2) is 30.3 Å². The molecule has 1 atom stereocenters. The Hall–Kier alpha value is -1.11. The highest BCUT2D eigenvalue weighted by Crippen LogP contribution is 2.18. The first kappa shape index (κ1) is 16.3. The zero-order valence-corrected chi connectivity index (χ0v) is 12.8. The van der Waals surface area contributed by atoms with Crippen molar-refractivity contribution >= 4 is 10.1 Å². The van der Waals surface area contributed by atoms with E-state index in [2.05, 4.69) is 5.32 Å². The van der Waals surface area contributed by atoms with Crippen LogP contribution in [0, 0.1) is 0 Å². The van der Waals surface area contributed by atoms with Crippen molar-refractivity contribution in [2.75, 3.05) is 12.3 Å². The Morgan fingerprint density at radius 2 is 1.86 bits per heavy atom. The summed E-state index contributed by atoms with van der Waals surface area (Å²) in [6, 6.07) is 9.39. The van der Waals surface area contributed by atoms with Gasteiger partial charge < -0.3 is 14.6 Å². The molecule has 0 aliphatic heterocycles. The van der Waals surface area contributed by atoms with Crippen LogP contribution in [-0.2, 0) is 10.1 Å². The molecule has 1 N–H and O–H groups in total. The van der Waals surface area contributed by atoms with E-state index in [0.29, 0.717) is 18.3 Å².